The molecule has 5 nitrogen and oxygen atoms in total. The first-order chi connectivity index (χ1) is 6.84. The predicted octanol–water partition coefficient (Wildman–Crippen LogP) is 0.433. The van der Waals surface area contributed by atoms with E-state index in [9.17, 15) is 9.59 Å². The number of aliphatic carboxylic acids is 2. The Morgan fingerprint density at radius 1 is 1.38 bits per heavy atom. The smallest absolute Gasteiger partial charge is 0.320 e. The summed E-state index contributed by atoms with van der Waals surface area (Å²) in [6.07, 6.45) is -2.16. The summed E-state index contributed by atoms with van der Waals surface area (Å²) in [5, 5.41) is 16.8. The van der Waals surface area contributed by atoms with Crippen LogP contribution in [0, 0.1) is 0 Å². The minimum absolute atomic E-state index is 0.0375. The molecule has 0 amide bonds. The van der Waals surface area contributed by atoms with E-state index in [-0.39, 0.29) is 19.3 Å². The molecule has 0 aromatic carbocycles. The van der Waals surface area contributed by atoms with Crippen molar-refractivity contribution in [3.05, 3.63) is 0 Å². The van der Waals surface area contributed by atoms with Crippen LogP contribution in [0.15, 0.2) is 0 Å². The lowest BCUT2D eigenvalue weighted by Crippen LogP contribution is -2.29. The van der Waals surface area contributed by atoms with Gasteiger partial charge in [0, 0.05) is 9.16 Å². The zero-order valence-electron chi connectivity index (χ0n) is 9.14. The van der Waals surface area contributed by atoms with Gasteiger partial charge >= 0.3 is 11.9 Å². The fourth-order valence-electron chi connectivity index (χ4n) is 0.668. The zero-order valence-corrected chi connectivity index (χ0v) is 7.14. The van der Waals surface area contributed by atoms with E-state index in [0.29, 0.717) is 0 Å². The van der Waals surface area contributed by atoms with Gasteiger partial charge in [0.05, 0.1) is 0 Å². The Labute approximate surface area is 79.4 Å². The molecule has 3 atom stereocenters. The Hall–Kier alpha value is -1.10. The van der Waals surface area contributed by atoms with Crippen LogP contribution in [0.5, 0.6) is 0 Å². The van der Waals surface area contributed by atoms with E-state index in [4.69, 9.17) is 18.7 Å². The second-order valence-electron chi connectivity index (χ2n) is 2.58. The molecule has 4 N–H and O–H groups in total. The average Bonchev–Trinajstić information content (AvgIpc) is 2.13. The second kappa shape index (κ2) is 6.42. The zero-order chi connectivity index (χ0) is 12.0. The highest BCUT2D eigenvalue weighted by atomic mass is 16.4. The number of nitrogens with two attached hydrogens (primary N) is 1. The van der Waals surface area contributed by atoms with E-state index in [1.165, 1.54) is 0 Å². The quantitative estimate of drug-likeness (QED) is 0.544. The van der Waals surface area contributed by atoms with Crippen molar-refractivity contribution in [2.75, 3.05) is 0 Å². The third-order valence-electron chi connectivity index (χ3n) is 1.40. The average molecular weight is 193 g/mol. The summed E-state index contributed by atoms with van der Waals surface area (Å²) >= 11 is 0. The van der Waals surface area contributed by atoms with E-state index in [1.54, 1.807) is 0 Å². The van der Waals surface area contributed by atoms with Crippen LogP contribution in [0.4, 0.5) is 0 Å². The second-order valence-corrected chi connectivity index (χ2v) is 2.58. The molecule has 0 bridgehead atoms. The Balaban J connectivity index is 3.92. The lowest BCUT2D eigenvalue weighted by atomic mass is 10.1. The molecule has 0 aromatic rings. The number of carboxylic acids is 2. The Bertz CT molecular complexity index is 237. The van der Waals surface area contributed by atoms with Gasteiger partial charge in [0.15, 0.2) is 0 Å². The van der Waals surface area contributed by atoms with Crippen molar-refractivity contribution in [1.82, 2.24) is 0 Å². The minimum Gasteiger partial charge on any atom is -0.481 e. The summed E-state index contributed by atoms with van der Waals surface area (Å²) in [6.45, 7) is 0. The van der Waals surface area contributed by atoms with Crippen LogP contribution in [0.1, 0.15) is 34.8 Å². The molecule has 0 saturated carbocycles. The van der Waals surface area contributed by atoms with Crippen molar-refractivity contribution in [3.8, 4) is 0 Å². The molecule has 0 heterocycles. The number of hydrogen-bond donors (Lipinski definition) is 3. The Morgan fingerprint density at radius 2 is 2.00 bits per heavy atom. The molecule has 76 valence electrons. The lowest BCUT2D eigenvalue weighted by Gasteiger charge is -2.04. The van der Waals surface area contributed by atoms with Crippen LogP contribution in [-0.4, -0.2) is 28.2 Å². The molecule has 13 heavy (non-hydrogen) atoms. The van der Waals surface area contributed by atoms with Crippen molar-refractivity contribution in [1.29, 1.82) is 0 Å². The maximum absolute atomic E-state index is 10.4. The van der Waals surface area contributed by atoms with Gasteiger partial charge in [-0.3, -0.25) is 9.59 Å². The van der Waals surface area contributed by atoms with Gasteiger partial charge < -0.3 is 15.9 Å². The van der Waals surface area contributed by atoms with Crippen LogP contribution in [0.3, 0.4) is 0 Å². The molecule has 0 fully saturated rings. The van der Waals surface area contributed by atoms with Crippen molar-refractivity contribution in [2.45, 2.75) is 38.1 Å². The largest absolute Gasteiger partial charge is 0.481 e. The number of carboxylic acid groups (broad SMARTS) is 2. The van der Waals surface area contributed by atoms with E-state index in [0.717, 1.165) is 0 Å². The molecule has 0 radical (unpaired) electrons. The van der Waals surface area contributed by atoms with Crippen LogP contribution in [-0.2, 0) is 9.59 Å². The van der Waals surface area contributed by atoms with Crippen LogP contribution in [0.2, 0.25) is 0 Å². The molecule has 0 aliphatic carbocycles. The Morgan fingerprint density at radius 3 is 2.46 bits per heavy atom. The molecule has 0 spiro atoms. The van der Waals surface area contributed by atoms with Crippen molar-refractivity contribution < 1.29 is 22.5 Å². The molecule has 0 rings (SSSR count). The third-order valence-corrected chi connectivity index (χ3v) is 1.40. The van der Waals surface area contributed by atoms with E-state index < -0.39 is 30.8 Å². The molecule has 0 aliphatic rings. The fraction of sp³-hybridized carbons (Fsp3) is 0.750. The summed E-state index contributed by atoms with van der Waals surface area (Å²) in [7, 11) is 0. The van der Waals surface area contributed by atoms with Gasteiger partial charge in [-0.2, -0.15) is 0 Å². The first-order valence-corrected chi connectivity index (χ1v) is 3.89. The van der Waals surface area contributed by atoms with Gasteiger partial charge in [-0.1, -0.05) is 12.8 Å². The molecule has 2 unspecified atom stereocenters. The standard InChI is InChI=1S/C8H15NO4/c9-6(8(12)13)4-2-1-3-5-7(10)11/h6H,1-5,9H2,(H,10,11)(H,12,13)/t6-/m0/s1/i1T,2T/t1?,2?,6-. The summed E-state index contributed by atoms with van der Waals surface area (Å²) in [5.41, 5.74) is 5.19. The van der Waals surface area contributed by atoms with Crippen LogP contribution >= 0.6 is 0 Å². The first kappa shape index (κ1) is 8.50. The van der Waals surface area contributed by atoms with E-state index in [2.05, 4.69) is 0 Å². The molecule has 0 aromatic heterocycles. The van der Waals surface area contributed by atoms with Gasteiger partial charge in [0.1, 0.15) is 6.04 Å². The van der Waals surface area contributed by atoms with Crippen LogP contribution < -0.4 is 5.73 Å². The highest BCUT2D eigenvalue weighted by molar-refractivity contribution is 5.72. The summed E-state index contributed by atoms with van der Waals surface area (Å²) in [4.78, 5) is 20.6. The molecule has 0 saturated heterocycles. The summed E-state index contributed by atoms with van der Waals surface area (Å²) < 4.78 is 14.8. The van der Waals surface area contributed by atoms with Gasteiger partial charge in [0.2, 0.25) is 0 Å². The topological polar surface area (TPSA) is 101 Å². The van der Waals surface area contributed by atoms with Gasteiger partial charge in [-0.05, 0) is 12.8 Å². The SMILES string of the molecule is [3H]C(CCC(=O)O)C([3H])C[C@H](N)C(=O)O. The minimum atomic E-state index is -1.21. The maximum Gasteiger partial charge on any atom is 0.320 e. The normalized spacial score (nSPS) is 19.5. The molecule has 5 heteroatoms. The number of hydrogen-bond acceptors (Lipinski definition) is 3. The third kappa shape index (κ3) is 7.27. The monoisotopic (exact) mass is 193 g/mol. The molecular weight excluding hydrogens is 174 g/mol. The maximum atomic E-state index is 10.4. The molecule has 0 aliphatic heterocycles. The van der Waals surface area contributed by atoms with Crippen molar-refractivity contribution in [3.63, 3.8) is 0 Å². The van der Waals surface area contributed by atoms with Gasteiger partial charge in [-0.25, -0.2) is 0 Å². The van der Waals surface area contributed by atoms with Crippen LogP contribution in [0.25, 0.3) is 0 Å². The fourth-order valence-corrected chi connectivity index (χ4v) is 0.668. The first-order valence-electron chi connectivity index (χ1n) is 5.04. The summed E-state index contributed by atoms with van der Waals surface area (Å²) in [5.74, 6) is -2.24. The molecular formula is C8H15NO4. The number of carbonyl (C=O) groups is 2. The lowest BCUT2D eigenvalue weighted by molar-refractivity contribution is -0.139. The predicted molar refractivity (Wildman–Crippen MR) is 46.3 cm³/mol. The summed E-state index contributed by atoms with van der Waals surface area (Å²) in [6, 6.07) is -1.16. The number of rotatable bonds is 7. The van der Waals surface area contributed by atoms with Crippen molar-refractivity contribution >= 4 is 11.9 Å². The van der Waals surface area contributed by atoms with Gasteiger partial charge in [-0.15, -0.1) is 0 Å². The highest BCUT2D eigenvalue weighted by Crippen LogP contribution is 2.04. The van der Waals surface area contributed by atoms with E-state index in [1.807, 2.05) is 0 Å². The van der Waals surface area contributed by atoms with Gasteiger partial charge in [0.25, 0.3) is 0 Å². The Kier molecular flexibility index (Phi) is 4.20. The van der Waals surface area contributed by atoms with E-state index >= 15 is 0 Å². The highest BCUT2D eigenvalue weighted by Gasteiger charge is 2.09. The van der Waals surface area contributed by atoms with Crippen molar-refractivity contribution in [2.24, 2.45) is 5.73 Å².